The fourth-order valence-electron chi connectivity index (χ4n) is 3.61. The van der Waals surface area contributed by atoms with E-state index < -0.39 is 0 Å². The van der Waals surface area contributed by atoms with Crippen LogP contribution in [0.2, 0.25) is 5.02 Å². The number of methoxy groups -OCH3 is 1. The van der Waals surface area contributed by atoms with Gasteiger partial charge in [-0.1, -0.05) is 35.9 Å². The summed E-state index contributed by atoms with van der Waals surface area (Å²) < 4.78 is 5.14. The van der Waals surface area contributed by atoms with Gasteiger partial charge in [-0.15, -0.1) is 11.3 Å². The third-order valence-electron chi connectivity index (χ3n) is 5.37. The lowest BCUT2D eigenvalue weighted by Crippen LogP contribution is -2.43. The van der Waals surface area contributed by atoms with E-state index in [1.165, 1.54) is 5.01 Å². The van der Waals surface area contributed by atoms with Crippen LogP contribution in [0.25, 0.3) is 0 Å². The molecule has 0 radical (unpaired) electrons. The van der Waals surface area contributed by atoms with Crippen molar-refractivity contribution < 1.29 is 14.3 Å². The fourth-order valence-corrected chi connectivity index (χ4v) is 4.60. The summed E-state index contributed by atoms with van der Waals surface area (Å²) in [6, 6.07) is 11.2. The van der Waals surface area contributed by atoms with Gasteiger partial charge in [0.25, 0.3) is 5.91 Å². The molecule has 0 N–H and O–H groups in total. The smallest absolute Gasteiger partial charge is 0.262 e. The first kappa shape index (κ1) is 21.0. The minimum Gasteiger partial charge on any atom is -0.383 e. The summed E-state index contributed by atoms with van der Waals surface area (Å²) in [5, 5.41) is 8.77. The number of hydrogen-bond acceptors (Lipinski definition) is 5. The molecular weight excluding hydrogens is 422 g/mol. The number of amides is 2. The van der Waals surface area contributed by atoms with E-state index >= 15 is 0 Å². The summed E-state index contributed by atoms with van der Waals surface area (Å²) in [4.78, 5) is 28.6. The van der Waals surface area contributed by atoms with E-state index in [1.54, 1.807) is 23.3 Å². The van der Waals surface area contributed by atoms with Crippen LogP contribution < -0.4 is 0 Å². The first-order valence-corrected chi connectivity index (χ1v) is 11.3. The summed E-state index contributed by atoms with van der Waals surface area (Å²) in [5.74, 6) is -0.147. The van der Waals surface area contributed by atoms with Crippen molar-refractivity contribution >= 4 is 40.5 Å². The number of rotatable bonds is 8. The van der Waals surface area contributed by atoms with E-state index in [0.717, 1.165) is 29.0 Å². The summed E-state index contributed by atoms with van der Waals surface area (Å²) in [6.45, 7) is 0.772. The topological polar surface area (TPSA) is 62.2 Å². The van der Waals surface area contributed by atoms with Gasteiger partial charge in [-0.2, -0.15) is 5.10 Å². The van der Waals surface area contributed by atoms with Crippen molar-refractivity contribution in [2.45, 2.75) is 25.3 Å². The molecule has 2 aromatic rings. The Labute approximate surface area is 185 Å². The molecule has 158 valence electrons. The van der Waals surface area contributed by atoms with E-state index in [-0.39, 0.29) is 30.3 Å². The quantitative estimate of drug-likeness (QED) is 0.617. The van der Waals surface area contributed by atoms with Gasteiger partial charge in [-0.05, 0) is 35.9 Å². The van der Waals surface area contributed by atoms with Gasteiger partial charge in [0.2, 0.25) is 5.91 Å². The van der Waals surface area contributed by atoms with Crippen molar-refractivity contribution in [1.82, 2.24) is 9.91 Å². The second-order valence-electron chi connectivity index (χ2n) is 7.53. The number of hydrogen-bond donors (Lipinski definition) is 0. The lowest BCUT2D eigenvalue weighted by atomic mass is 10.0. The molecular formula is C22H24ClN3O3S. The molecule has 1 aliphatic heterocycles. The number of thiophene rings is 1. The number of benzene rings is 1. The van der Waals surface area contributed by atoms with Crippen LogP contribution >= 0.6 is 22.9 Å². The Kier molecular flexibility index (Phi) is 6.51. The number of carbonyl (C=O) groups is 2. The summed E-state index contributed by atoms with van der Waals surface area (Å²) in [5.41, 5.74) is 1.72. The van der Waals surface area contributed by atoms with Gasteiger partial charge < -0.3 is 9.64 Å². The molecule has 30 heavy (non-hydrogen) atoms. The molecule has 0 saturated heterocycles. The molecule has 2 amide bonds. The van der Waals surface area contributed by atoms with E-state index in [0.29, 0.717) is 24.6 Å². The first-order chi connectivity index (χ1) is 14.6. The van der Waals surface area contributed by atoms with Gasteiger partial charge in [-0.25, -0.2) is 5.01 Å². The average molecular weight is 446 g/mol. The molecule has 8 heteroatoms. The zero-order valence-electron chi connectivity index (χ0n) is 16.8. The van der Waals surface area contributed by atoms with Crippen molar-refractivity contribution in [2.75, 3.05) is 26.8 Å². The molecule has 1 aromatic heterocycles. The summed E-state index contributed by atoms with van der Waals surface area (Å²) in [6.07, 6.45) is 2.37. The first-order valence-electron chi connectivity index (χ1n) is 10.0. The SMILES string of the molecule is COCCN(CC(=O)N1N=C(c2cccs2)C[C@H]1c1ccccc1Cl)C(=O)C1CC1. The fraction of sp³-hybridized carbons (Fsp3) is 0.409. The molecule has 0 bridgehead atoms. The Morgan fingerprint density at radius 1 is 1.27 bits per heavy atom. The van der Waals surface area contributed by atoms with E-state index in [4.69, 9.17) is 16.3 Å². The van der Waals surface area contributed by atoms with Crippen LogP contribution in [-0.4, -0.2) is 54.2 Å². The van der Waals surface area contributed by atoms with Crippen LogP contribution in [0.15, 0.2) is 46.9 Å². The molecule has 2 aliphatic rings. The third kappa shape index (κ3) is 4.58. The third-order valence-corrected chi connectivity index (χ3v) is 6.63. The number of halogens is 1. The largest absolute Gasteiger partial charge is 0.383 e. The highest BCUT2D eigenvalue weighted by molar-refractivity contribution is 7.12. The minimum atomic E-state index is -0.288. The van der Waals surface area contributed by atoms with E-state index in [2.05, 4.69) is 5.10 Å². The minimum absolute atomic E-state index is 0.0130. The molecule has 1 saturated carbocycles. The Bertz CT molecular complexity index is 943. The zero-order chi connectivity index (χ0) is 21.1. The highest BCUT2D eigenvalue weighted by atomic mass is 35.5. The Hall–Kier alpha value is -2.22. The Balaban J connectivity index is 1.59. The standard InChI is InChI=1S/C22H24ClN3O3S/c1-29-11-10-25(22(28)15-8-9-15)14-21(27)26-19(16-5-2-3-6-17(16)23)13-18(24-26)20-7-4-12-30-20/h2-7,12,15,19H,8-11,13-14H2,1H3/t19-/m0/s1. The van der Waals surface area contributed by atoms with Crippen LogP contribution in [0.4, 0.5) is 0 Å². The maximum absolute atomic E-state index is 13.3. The van der Waals surface area contributed by atoms with Gasteiger partial charge in [0.15, 0.2) is 0 Å². The summed E-state index contributed by atoms with van der Waals surface area (Å²) in [7, 11) is 1.59. The van der Waals surface area contributed by atoms with Gasteiger partial charge in [-0.3, -0.25) is 9.59 Å². The lowest BCUT2D eigenvalue weighted by molar-refractivity contribution is -0.142. The van der Waals surface area contributed by atoms with E-state index in [9.17, 15) is 9.59 Å². The number of ether oxygens (including phenoxy) is 1. The molecule has 1 fully saturated rings. The van der Waals surface area contributed by atoms with Crippen LogP contribution in [0.5, 0.6) is 0 Å². The summed E-state index contributed by atoms with van der Waals surface area (Å²) >= 11 is 8.05. The van der Waals surface area contributed by atoms with Gasteiger partial charge in [0.05, 0.1) is 23.2 Å². The van der Waals surface area contributed by atoms with E-state index in [1.807, 2.05) is 41.8 Å². The zero-order valence-corrected chi connectivity index (χ0v) is 18.4. The average Bonchev–Trinajstić information content (AvgIpc) is 3.26. The molecule has 1 aliphatic carbocycles. The Morgan fingerprint density at radius 2 is 2.07 bits per heavy atom. The molecule has 0 unspecified atom stereocenters. The maximum atomic E-state index is 13.3. The van der Waals surface area contributed by atoms with Crippen molar-refractivity contribution in [3.05, 3.63) is 57.2 Å². The van der Waals surface area contributed by atoms with Crippen molar-refractivity contribution in [2.24, 2.45) is 11.0 Å². The van der Waals surface area contributed by atoms with Crippen LogP contribution in [0.1, 0.15) is 35.7 Å². The van der Waals surface area contributed by atoms with Crippen LogP contribution in [0, 0.1) is 5.92 Å². The Morgan fingerprint density at radius 3 is 2.73 bits per heavy atom. The number of hydrazone groups is 1. The lowest BCUT2D eigenvalue weighted by Gasteiger charge is -2.27. The van der Waals surface area contributed by atoms with Crippen molar-refractivity contribution in [1.29, 1.82) is 0 Å². The van der Waals surface area contributed by atoms with Gasteiger partial charge in [0.1, 0.15) is 6.54 Å². The highest BCUT2D eigenvalue weighted by Gasteiger charge is 2.38. The molecule has 6 nitrogen and oxygen atoms in total. The van der Waals surface area contributed by atoms with Crippen molar-refractivity contribution in [3.8, 4) is 0 Å². The predicted octanol–water partition coefficient (Wildman–Crippen LogP) is 3.96. The number of carbonyl (C=O) groups excluding carboxylic acids is 2. The maximum Gasteiger partial charge on any atom is 0.262 e. The molecule has 2 heterocycles. The molecule has 1 aromatic carbocycles. The normalized spacial score (nSPS) is 18.4. The van der Waals surface area contributed by atoms with Crippen LogP contribution in [-0.2, 0) is 14.3 Å². The van der Waals surface area contributed by atoms with Crippen molar-refractivity contribution in [3.63, 3.8) is 0 Å². The molecule has 0 spiro atoms. The monoisotopic (exact) mass is 445 g/mol. The number of nitrogens with zero attached hydrogens (tertiary/aromatic N) is 3. The van der Waals surface area contributed by atoms with Crippen LogP contribution in [0.3, 0.4) is 0 Å². The predicted molar refractivity (Wildman–Crippen MR) is 118 cm³/mol. The second kappa shape index (κ2) is 9.29. The highest BCUT2D eigenvalue weighted by Crippen LogP contribution is 2.37. The van der Waals surface area contributed by atoms with Gasteiger partial charge in [0, 0.05) is 31.0 Å². The van der Waals surface area contributed by atoms with Gasteiger partial charge >= 0.3 is 0 Å². The molecule has 1 atom stereocenters. The second-order valence-corrected chi connectivity index (χ2v) is 8.89. The molecule has 4 rings (SSSR count).